The number of hydrogen-bond donors (Lipinski definition) is 2. The summed E-state index contributed by atoms with van der Waals surface area (Å²) in [6.45, 7) is 1.69. The van der Waals surface area contributed by atoms with E-state index in [-0.39, 0.29) is 33.2 Å². The summed E-state index contributed by atoms with van der Waals surface area (Å²) in [6, 6.07) is 3.15. The first-order valence-corrected chi connectivity index (χ1v) is 10.1. The number of methoxy groups -OCH3 is 2. The molecule has 3 aromatic rings. The van der Waals surface area contributed by atoms with Crippen LogP contribution in [0.25, 0.3) is 10.9 Å². The highest BCUT2D eigenvalue weighted by Crippen LogP contribution is 2.29. The van der Waals surface area contributed by atoms with Crippen LogP contribution in [0.5, 0.6) is 5.88 Å². The molecule has 0 unspecified atom stereocenters. The van der Waals surface area contributed by atoms with Crippen molar-refractivity contribution in [3.05, 3.63) is 41.2 Å². The van der Waals surface area contributed by atoms with Crippen molar-refractivity contribution in [2.24, 2.45) is 0 Å². The van der Waals surface area contributed by atoms with Gasteiger partial charge < -0.3 is 14.5 Å². The zero-order valence-corrected chi connectivity index (χ0v) is 17.0. The number of carbonyl (C=O) groups excluding carboxylic acids is 1. The third kappa shape index (κ3) is 4.03. The molecular formula is C18H18F2N4O5S. The lowest BCUT2D eigenvalue weighted by molar-refractivity contribution is 0.0602. The highest BCUT2D eigenvalue weighted by atomic mass is 32.2. The van der Waals surface area contributed by atoms with Crippen molar-refractivity contribution in [3.8, 4) is 5.88 Å². The number of H-pyrrole nitrogens is 1. The molecule has 0 aliphatic carbocycles. The fraction of sp³-hybridized carbons (Fsp3) is 0.278. The average Bonchev–Trinajstić information content (AvgIpc) is 3.12. The Morgan fingerprint density at radius 1 is 1.30 bits per heavy atom. The zero-order chi connectivity index (χ0) is 22.1. The average molecular weight is 440 g/mol. The van der Waals surface area contributed by atoms with E-state index in [4.69, 9.17) is 9.47 Å². The van der Waals surface area contributed by atoms with E-state index in [0.717, 1.165) is 6.20 Å². The second-order valence-electron chi connectivity index (χ2n) is 6.25. The molecule has 9 nitrogen and oxygen atoms in total. The van der Waals surface area contributed by atoms with E-state index in [1.165, 1.54) is 20.4 Å². The summed E-state index contributed by atoms with van der Waals surface area (Å²) >= 11 is 0. The van der Waals surface area contributed by atoms with Gasteiger partial charge in [-0.25, -0.2) is 31.7 Å². The van der Waals surface area contributed by atoms with E-state index >= 15 is 0 Å². The van der Waals surface area contributed by atoms with Gasteiger partial charge in [-0.05, 0) is 12.5 Å². The van der Waals surface area contributed by atoms with Crippen molar-refractivity contribution in [1.82, 2.24) is 15.0 Å². The summed E-state index contributed by atoms with van der Waals surface area (Å²) in [6.07, 6.45) is -0.969. The molecule has 160 valence electrons. The van der Waals surface area contributed by atoms with E-state index in [9.17, 15) is 22.0 Å². The van der Waals surface area contributed by atoms with E-state index in [1.807, 2.05) is 0 Å². The minimum Gasteiger partial charge on any atom is -0.481 e. The Bertz CT molecular complexity index is 1210. The predicted octanol–water partition coefficient (Wildman–Crippen LogP) is 2.67. The number of benzene rings is 1. The second kappa shape index (κ2) is 8.22. The lowest BCUT2D eigenvalue weighted by atomic mass is 10.1. The number of hydrogen-bond acceptors (Lipinski definition) is 7. The number of nitrogens with one attached hydrogen (secondary N) is 2. The Morgan fingerprint density at radius 2 is 2.03 bits per heavy atom. The standard InChI is InChI=1S/C18H18F2N4O5S/c1-9-4-5-11-12(8-21-15(11)14(9)17(25)29-3)30(26,27)24-18-22-7-10(6-13(19)20)16(23-18)28-2/h4-5,7-8,13,21H,6H2,1-3H3,(H,22,23,24). The molecule has 1 aromatic carbocycles. The number of nitrogens with zero attached hydrogens (tertiary/aromatic N) is 2. The summed E-state index contributed by atoms with van der Waals surface area (Å²) in [5, 5.41) is 0.259. The number of fused-ring (bicyclic) bond motifs is 1. The molecule has 30 heavy (non-hydrogen) atoms. The molecule has 0 atom stereocenters. The van der Waals surface area contributed by atoms with Crippen LogP contribution in [0.4, 0.5) is 14.7 Å². The van der Waals surface area contributed by atoms with Crippen LogP contribution in [0, 0.1) is 6.92 Å². The summed E-state index contributed by atoms with van der Waals surface area (Å²) in [5.74, 6) is -1.12. The SMILES string of the molecule is COC(=O)c1c(C)ccc2c(S(=O)(=O)Nc3ncc(CC(F)F)c(OC)n3)c[nH]c12. The fourth-order valence-electron chi connectivity index (χ4n) is 2.96. The molecule has 0 saturated heterocycles. The number of ether oxygens (including phenoxy) is 2. The molecule has 0 saturated carbocycles. The van der Waals surface area contributed by atoms with Crippen molar-refractivity contribution in [2.45, 2.75) is 24.7 Å². The normalized spacial score (nSPS) is 11.7. The maximum absolute atomic E-state index is 12.9. The molecule has 0 aliphatic rings. The molecule has 0 aliphatic heterocycles. The third-order valence-electron chi connectivity index (χ3n) is 4.32. The van der Waals surface area contributed by atoms with Gasteiger partial charge in [-0.15, -0.1) is 0 Å². The molecule has 2 aromatic heterocycles. The van der Waals surface area contributed by atoms with E-state index in [0.29, 0.717) is 11.1 Å². The number of aryl methyl sites for hydroxylation is 1. The monoisotopic (exact) mass is 440 g/mol. The van der Waals surface area contributed by atoms with Gasteiger partial charge in [-0.2, -0.15) is 4.98 Å². The molecule has 0 spiro atoms. The van der Waals surface area contributed by atoms with Gasteiger partial charge in [0, 0.05) is 29.8 Å². The highest BCUT2D eigenvalue weighted by molar-refractivity contribution is 7.93. The quantitative estimate of drug-likeness (QED) is 0.542. The molecule has 0 amide bonds. The molecule has 12 heteroatoms. The minimum absolute atomic E-state index is 0.0423. The number of anilines is 1. The molecule has 0 bridgehead atoms. The van der Waals surface area contributed by atoms with Crippen LogP contribution < -0.4 is 9.46 Å². The molecule has 0 fully saturated rings. The first-order chi connectivity index (χ1) is 14.2. The van der Waals surface area contributed by atoms with Gasteiger partial charge in [-0.3, -0.25) is 0 Å². The van der Waals surface area contributed by atoms with Crippen molar-refractivity contribution < 1.29 is 31.5 Å². The van der Waals surface area contributed by atoms with Crippen molar-refractivity contribution in [3.63, 3.8) is 0 Å². The first kappa shape index (κ1) is 21.4. The number of halogens is 2. The number of aromatic amines is 1. The Labute approximate surface area is 170 Å². The topological polar surface area (TPSA) is 123 Å². The van der Waals surface area contributed by atoms with Crippen LogP contribution in [-0.2, 0) is 21.2 Å². The largest absolute Gasteiger partial charge is 0.481 e. The van der Waals surface area contributed by atoms with Crippen LogP contribution in [0.15, 0.2) is 29.4 Å². The van der Waals surface area contributed by atoms with Crippen molar-refractivity contribution >= 4 is 32.8 Å². The fourth-order valence-corrected chi connectivity index (χ4v) is 4.09. The number of sulfonamides is 1. The van der Waals surface area contributed by atoms with Crippen LogP contribution in [0.3, 0.4) is 0 Å². The van der Waals surface area contributed by atoms with E-state index in [1.54, 1.807) is 19.1 Å². The molecule has 0 radical (unpaired) electrons. The van der Waals surface area contributed by atoms with Gasteiger partial charge in [0.25, 0.3) is 10.0 Å². The minimum atomic E-state index is -4.18. The smallest absolute Gasteiger partial charge is 0.340 e. The van der Waals surface area contributed by atoms with Crippen LogP contribution in [0.1, 0.15) is 21.5 Å². The van der Waals surface area contributed by atoms with Gasteiger partial charge in [0.1, 0.15) is 4.90 Å². The Balaban J connectivity index is 2.01. The summed E-state index contributed by atoms with van der Waals surface area (Å²) in [7, 11) is -1.73. The van der Waals surface area contributed by atoms with Gasteiger partial charge >= 0.3 is 5.97 Å². The summed E-state index contributed by atoms with van der Waals surface area (Å²) in [5.41, 5.74) is 1.16. The van der Waals surface area contributed by atoms with Crippen LogP contribution in [-0.4, -0.2) is 50.0 Å². The number of rotatable bonds is 7. The summed E-state index contributed by atoms with van der Waals surface area (Å²) in [4.78, 5) is 22.4. The zero-order valence-electron chi connectivity index (χ0n) is 16.2. The lowest BCUT2D eigenvalue weighted by Crippen LogP contribution is -2.16. The van der Waals surface area contributed by atoms with Crippen molar-refractivity contribution in [2.75, 3.05) is 18.9 Å². The first-order valence-electron chi connectivity index (χ1n) is 8.57. The molecule has 3 rings (SSSR count). The van der Waals surface area contributed by atoms with Crippen LogP contribution in [0.2, 0.25) is 0 Å². The molecule has 2 N–H and O–H groups in total. The number of aromatic nitrogens is 3. The highest BCUT2D eigenvalue weighted by Gasteiger charge is 2.24. The predicted molar refractivity (Wildman–Crippen MR) is 103 cm³/mol. The molecular weight excluding hydrogens is 422 g/mol. The number of alkyl halides is 2. The Kier molecular flexibility index (Phi) is 5.87. The second-order valence-corrected chi connectivity index (χ2v) is 7.90. The van der Waals surface area contributed by atoms with E-state index in [2.05, 4.69) is 19.7 Å². The summed E-state index contributed by atoms with van der Waals surface area (Å²) < 4.78 is 62.9. The van der Waals surface area contributed by atoms with Crippen molar-refractivity contribution in [1.29, 1.82) is 0 Å². The van der Waals surface area contributed by atoms with Gasteiger partial charge in [0.05, 0.1) is 25.3 Å². The molecule has 2 heterocycles. The van der Waals surface area contributed by atoms with Gasteiger partial charge in [0.15, 0.2) is 0 Å². The Morgan fingerprint density at radius 3 is 2.67 bits per heavy atom. The number of carbonyl (C=O) groups is 1. The van der Waals surface area contributed by atoms with Gasteiger partial charge in [-0.1, -0.05) is 12.1 Å². The maximum atomic E-state index is 12.9. The Hall–Kier alpha value is -3.28. The van der Waals surface area contributed by atoms with Crippen LogP contribution >= 0.6 is 0 Å². The lowest BCUT2D eigenvalue weighted by Gasteiger charge is -2.10. The van der Waals surface area contributed by atoms with Gasteiger partial charge in [0.2, 0.25) is 18.3 Å². The third-order valence-corrected chi connectivity index (χ3v) is 5.69. The van der Waals surface area contributed by atoms with E-state index < -0.39 is 28.8 Å². The maximum Gasteiger partial charge on any atom is 0.340 e. The number of esters is 1.